The molecule has 2 aromatic heterocycles. The van der Waals surface area contributed by atoms with Crippen molar-refractivity contribution in [3.8, 4) is 11.3 Å². The number of thiophene rings is 1. The van der Waals surface area contributed by atoms with Crippen molar-refractivity contribution in [1.29, 1.82) is 0 Å². The fourth-order valence-corrected chi connectivity index (χ4v) is 4.34. The van der Waals surface area contributed by atoms with E-state index in [-0.39, 0.29) is 0 Å². The van der Waals surface area contributed by atoms with Gasteiger partial charge in [-0.15, -0.1) is 11.3 Å². The van der Waals surface area contributed by atoms with Crippen LogP contribution in [0.15, 0.2) is 24.4 Å². The molecule has 2 N–H and O–H groups in total. The van der Waals surface area contributed by atoms with E-state index in [0.717, 1.165) is 23.0 Å². The van der Waals surface area contributed by atoms with E-state index < -0.39 is 0 Å². The van der Waals surface area contributed by atoms with Gasteiger partial charge in [-0.3, -0.25) is 4.98 Å². The second-order valence-corrected chi connectivity index (χ2v) is 7.90. The van der Waals surface area contributed by atoms with Crippen LogP contribution in [0.2, 0.25) is 0 Å². The lowest BCUT2D eigenvalue weighted by Crippen LogP contribution is -2.26. The zero-order chi connectivity index (χ0) is 14.3. The van der Waals surface area contributed by atoms with E-state index in [1.54, 1.807) is 11.3 Å². The maximum absolute atomic E-state index is 6.29. The molecule has 2 aromatic rings. The fourth-order valence-electron chi connectivity index (χ4n) is 3.14. The Hall–Kier alpha value is -1.35. The monoisotopic (exact) mass is 286 g/mol. The van der Waals surface area contributed by atoms with Crippen LogP contribution in [0.5, 0.6) is 0 Å². The average Bonchev–Trinajstić information content (AvgIpc) is 2.73. The molecule has 20 heavy (non-hydrogen) atoms. The molecule has 2 heterocycles. The van der Waals surface area contributed by atoms with Gasteiger partial charge in [0.25, 0.3) is 0 Å². The lowest BCUT2D eigenvalue weighted by atomic mass is 9.72. The molecule has 1 aliphatic carbocycles. The Labute approximate surface area is 125 Å². The molecule has 0 amide bonds. The number of hydrogen-bond donors (Lipinski definition) is 1. The Morgan fingerprint density at radius 1 is 1.30 bits per heavy atom. The largest absolute Gasteiger partial charge is 0.390 e. The van der Waals surface area contributed by atoms with Gasteiger partial charge in [-0.25, -0.2) is 0 Å². The summed E-state index contributed by atoms with van der Waals surface area (Å²) in [6.45, 7) is 7.04. The Morgan fingerprint density at radius 3 is 2.75 bits per heavy atom. The minimum Gasteiger partial charge on any atom is -0.390 e. The van der Waals surface area contributed by atoms with Gasteiger partial charge in [-0.1, -0.05) is 26.8 Å². The Balaban J connectivity index is 2.00. The Morgan fingerprint density at radius 2 is 2.10 bits per heavy atom. The molecule has 0 radical (unpaired) electrons. The van der Waals surface area contributed by atoms with E-state index >= 15 is 0 Å². The highest BCUT2D eigenvalue weighted by Gasteiger charge is 2.32. The summed E-state index contributed by atoms with van der Waals surface area (Å²) >= 11 is 1.77. The maximum Gasteiger partial charge on any atom is 0.0957 e. The molecule has 1 atom stereocenters. The predicted octanol–water partition coefficient (Wildman–Crippen LogP) is 4.54. The highest BCUT2D eigenvalue weighted by atomic mass is 32.1. The highest BCUT2D eigenvalue weighted by Crippen LogP contribution is 2.46. The molecule has 0 saturated heterocycles. The summed E-state index contributed by atoms with van der Waals surface area (Å²) in [5, 5.41) is 0.934. The van der Waals surface area contributed by atoms with Gasteiger partial charge in [-0.05, 0) is 48.3 Å². The van der Waals surface area contributed by atoms with Crippen molar-refractivity contribution in [2.24, 2.45) is 11.3 Å². The number of aromatic nitrogens is 1. The van der Waals surface area contributed by atoms with Crippen molar-refractivity contribution < 1.29 is 0 Å². The first-order valence-corrected chi connectivity index (χ1v) is 8.10. The molecular formula is C17H22N2S. The van der Waals surface area contributed by atoms with Crippen LogP contribution in [0.3, 0.4) is 0 Å². The van der Waals surface area contributed by atoms with Gasteiger partial charge in [0.2, 0.25) is 0 Å². The SMILES string of the molecule is CC(C)(C)C1CCc2c(sc(N)c2-c2ccccn2)C1. The fraction of sp³-hybridized carbons (Fsp3) is 0.471. The van der Waals surface area contributed by atoms with Crippen molar-refractivity contribution in [2.75, 3.05) is 5.73 Å². The van der Waals surface area contributed by atoms with Crippen LogP contribution >= 0.6 is 11.3 Å². The molecule has 0 aromatic carbocycles. The molecule has 0 bridgehead atoms. The third-order valence-corrected chi connectivity index (χ3v) is 5.52. The second kappa shape index (κ2) is 4.88. The lowest BCUT2D eigenvalue weighted by molar-refractivity contribution is 0.218. The van der Waals surface area contributed by atoms with Gasteiger partial charge in [0, 0.05) is 16.6 Å². The van der Waals surface area contributed by atoms with Gasteiger partial charge in [0.15, 0.2) is 0 Å². The maximum atomic E-state index is 6.29. The van der Waals surface area contributed by atoms with Crippen LogP contribution in [-0.2, 0) is 12.8 Å². The lowest BCUT2D eigenvalue weighted by Gasteiger charge is -2.34. The first-order chi connectivity index (χ1) is 9.47. The van der Waals surface area contributed by atoms with E-state index in [1.807, 2.05) is 18.3 Å². The van der Waals surface area contributed by atoms with Crippen molar-refractivity contribution >= 4 is 16.3 Å². The normalized spacial score (nSPS) is 18.9. The number of nitrogens with two attached hydrogens (primary N) is 1. The van der Waals surface area contributed by atoms with Gasteiger partial charge in [-0.2, -0.15) is 0 Å². The van der Waals surface area contributed by atoms with E-state index in [0.29, 0.717) is 5.41 Å². The summed E-state index contributed by atoms with van der Waals surface area (Å²) in [6.07, 6.45) is 5.41. The molecule has 2 nitrogen and oxygen atoms in total. The molecule has 0 saturated carbocycles. The third kappa shape index (κ3) is 2.35. The second-order valence-electron chi connectivity index (χ2n) is 6.76. The highest BCUT2D eigenvalue weighted by molar-refractivity contribution is 7.16. The van der Waals surface area contributed by atoms with E-state index in [9.17, 15) is 0 Å². The minimum absolute atomic E-state index is 0.377. The molecule has 0 aliphatic heterocycles. The molecule has 1 aliphatic rings. The third-order valence-electron chi connectivity index (χ3n) is 4.44. The quantitative estimate of drug-likeness (QED) is 0.835. The molecule has 3 rings (SSSR count). The molecular weight excluding hydrogens is 264 g/mol. The average molecular weight is 286 g/mol. The molecule has 0 fully saturated rings. The molecule has 1 unspecified atom stereocenters. The molecule has 3 heteroatoms. The van der Waals surface area contributed by atoms with Gasteiger partial charge in [0.1, 0.15) is 0 Å². The number of hydrogen-bond acceptors (Lipinski definition) is 3. The van der Waals surface area contributed by atoms with Crippen LogP contribution < -0.4 is 5.73 Å². The predicted molar refractivity (Wildman–Crippen MR) is 86.9 cm³/mol. The van der Waals surface area contributed by atoms with Crippen molar-refractivity contribution in [3.05, 3.63) is 34.8 Å². The Kier molecular flexibility index (Phi) is 3.33. The van der Waals surface area contributed by atoms with E-state index in [1.165, 1.54) is 28.8 Å². The van der Waals surface area contributed by atoms with Crippen LogP contribution in [-0.4, -0.2) is 4.98 Å². The van der Waals surface area contributed by atoms with Crippen LogP contribution in [0, 0.1) is 11.3 Å². The number of pyridine rings is 1. The zero-order valence-corrected chi connectivity index (χ0v) is 13.3. The van der Waals surface area contributed by atoms with Gasteiger partial charge < -0.3 is 5.73 Å². The van der Waals surface area contributed by atoms with Crippen LogP contribution in [0.25, 0.3) is 11.3 Å². The van der Waals surface area contributed by atoms with Crippen LogP contribution in [0.4, 0.5) is 5.00 Å². The van der Waals surface area contributed by atoms with E-state index in [4.69, 9.17) is 5.73 Å². The summed E-state index contributed by atoms with van der Waals surface area (Å²) in [5.74, 6) is 0.754. The number of anilines is 1. The number of nitrogen functional groups attached to an aromatic ring is 1. The summed E-state index contributed by atoms with van der Waals surface area (Å²) in [6, 6.07) is 6.05. The summed E-state index contributed by atoms with van der Waals surface area (Å²) in [5.41, 5.74) is 10.3. The summed E-state index contributed by atoms with van der Waals surface area (Å²) in [7, 11) is 0. The Bertz CT molecular complexity index is 608. The van der Waals surface area contributed by atoms with Gasteiger partial charge >= 0.3 is 0 Å². The first-order valence-electron chi connectivity index (χ1n) is 7.28. The van der Waals surface area contributed by atoms with Gasteiger partial charge in [0.05, 0.1) is 10.7 Å². The molecule has 0 spiro atoms. The van der Waals surface area contributed by atoms with E-state index in [2.05, 4.69) is 31.8 Å². The standard InChI is InChI=1S/C17H22N2S/c1-17(2,3)11-7-8-12-14(10-11)20-16(18)15(12)13-6-4-5-9-19-13/h4-6,9,11H,7-8,10,18H2,1-3H3. The van der Waals surface area contributed by atoms with Crippen molar-refractivity contribution in [1.82, 2.24) is 4.98 Å². The summed E-state index contributed by atoms with van der Waals surface area (Å²) in [4.78, 5) is 5.97. The molecule has 106 valence electrons. The number of nitrogens with zero attached hydrogens (tertiary/aromatic N) is 1. The van der Waals surface area contributed by atoms with Crippen molar-refractivity contribution in [3.63, 3.8) is 0 Å². The first kappa shape index (κ1) is 13.6. The summed E-state index contributed by atoms with van der Waals surface area (Å²) < 4.78 is 0. The smallest absolute Gasteiger partial charge is 0.0957 e. The van der Waals surface area contributed by atoms with Crippen molar-refractivity contribution in [2.45, 2.75) is 40.0 Å². The number of fused-ring (bicyclic) bond motifs is 1. The number of rotatable bonds is 1. The van der Waals surface area contributed by atoms with Crippen LogP contribution in [0.1, 0.15) is 37.6 Å². The zero-order valence-electron chi connectivity index (χ0n) is 12.4. The minimum atomic E-state index is 0.377. The topological polar surface area (TPSA) is 38.9 Å².